The van der Waals surface area contributed by atoms with Crippen LogP contribution in [0.4, 0.5) is 11.4 Å². The van der Waals surface area contributed by atoms with E-state index < -0.39 is 6.17 Å². The van der Waals surface area contributed by atoms with Crippen LogP contribution in [-0.4, -0.2) is 34.8 Å². The molecule has 0 fully saturated rings. The van der Waals surface area contributed by atoms with E-state index in [1.165, 1.54) is 11.8 Å². The van der Waals surface area contributed by atoms with Gasteiger partial charge in [0.05, 0.1) is 11.3 Å². The number of H-pyrrole nitrogens is 1. The lowest BCUT2D eigenvalue weighted by molar-refractivity contribution is -0.763. The Balaban J connectivity index is 1.95. The number of hydrogen-bond acceptors (Lipinski definition) is 5. The number of anilines is 2. The van der Waals surface area contributed by atoms with Crippen LogP contribution in [0.15, 0.2) is 58.5 Å². The molecule has 1 aromatic heterocycles. The molecule has 1 aliphatic heterocycles. The van der Waals surface area contributed by atoms with Crippen molar-refractivity contribution in [1.82, 2.24) is 10.1 Å². The number of aromatic nitrogens is 3. The van der Waals surface area contributed by atoms with Crippen LogP contribution in [0.1, 0.15) is 39.4 Å². The monoisotopic (exact) mass is 450 g/mol. The van der Waals surface area contributed by atoms with E-state index in [0.717, 1.165) is 30.1 Å². The zero-order valence-corrected chi connectivity index (χ0v) is 19.6. The predicted molar refractivity (Wildman–Crippen MR) is 128 cm³/mol. The molecule has 3 aromatic rings. The highest BCUT2D eigenvalue weighted by atomic mass is 32.2. The molecule has 8 heteroatoms. The van der Waals surface area contributed by atoms with Crippen LogP contribution in [0.25, 0.3) is 11.3 Å². The molecule has 1 aliphatic rings. The molecular formula is C24H28N5O2S+. The minimum absolute atomic E-state index is 0.111. The molecule has 0 saturated heterocycles. The number of para-hydroxylation sites is 1. The Labute approximate surface area is 192 Å². The normalized spacial score (nSPS) is 14.6. The van der Waals surface area contributed by atoms with Crippen molar-refractivity contribution in [1.29, 1.82) is 0 Å². The van der Waals surface area contributed by atoms with Gasteiger partial charge in [-0.1, -0.05) is 30.8 Å². The van der Waals surface area contributed by atoms with Crippen molar-refractivity contribution in [2.24, 2.45) is 0 Å². The Morgan fingerprint density at radius 2 is 1.81 bits per heavy atom. The van der Waals surface area contributed by atoms with Gasteiger partial charge in [-0.2, -0.15) is 0 Å². The van der Waals surface area contributed by atoms with E-state index in [2.05, 4.69) is 35.9 Å². The molecular weight excluding hydrogens is 422 g/mol. The van der Waals surface area contributed by atoms with Gasteiger partial charge in [-0.05, 0) is 60.7 Å². The third-order valence-corrected chi connectivity index (χ3v) is 6.44. The highest BCUT2D eigenvalue weighted by Crippen LogP contribution is 2.37. The van der Waals surface area contributed by atoms with Gasteiger partial charge in [0.25, 0.3) is 6.17 Å². The maximum absolute atomic E-state index is 13.2. The molecule has 166 valence electrons. The number of rotatable bonds is 6. The smallest absolute Gasteiger partial charge is 0.325 e. The summed E-state index contributed by atoms with van der Waals surface area (Å²) in [5, 5.41) is 5.30. The summed E-state index contributed by atoms with van der Waals surface area (Å²) in [5.41, 5.74) is 3.66. The van der Waals surface area contributed by atoms with Crippen LogP contribution in [0.5, 0.6) is 0 Å². The molecule has 0 aliphatic carbocycles. The maximum atomic E-state index is 13.2. The van der Waals surface area contributed by atoms with Crippen LogP contribution in [0.2, 0.25) is 0 Å². The maximum Gasteiger partial charge on any atom is 0.325 e. The summed E-state index contributed by atoms with van der Waals surface area (Å²) in [6.45, 7) is 9.64. The van der Waals surface area contributed by atoms with Gasteiger partial charge in [-0.25, -0.2) is 4.90 Å². The van der Waals surface area contributed by atoms with Crippen molar-refractivity contribution in [3.8, 4) is 11.3 Å². The Bertz CT molecular complexity index is 1190. The minimum atomic E-state index is -0.554. The lowest BCUT2D eigenvalue weighted by Gasteiger charge is -2.31. The van der Waals surface area contributed by atoms with E-state index >= 15 is 0 Å². The van der Waals surface area contributed by atoms with Gasteiger partial charge in [-0.15, -0.1) is 0 Å². The van der Waals surface area contributed by atoms with E-state index in [1.54, 1.807) is 16.5 Å². The molecule has 7 nitrogen and oxygen atoms in total. The molecule has 2 aromatic carbocycles. The Morgan fingerprint density at radius 1 is 1.12 bits per heavy atom. The van der Waals surface area contributed by atoms with Crippen LogP contribution >= 0.6 is 11.8 Å². The number of nitrogens with zero attached hydrogens (tertiary/aromatic N) is 4. The Morgan fingerprint density at radius 3 is 2.44 bits per heavy atom. The zero-order chi connectivity index (χ0) is 22.8. The number of benzene rings is 2. The second kappa shape index (κ2) is 9.16. The SMILES string of the molecule is CCSc1n[n+]2c(c(=O)[nH]1)-c1ccccc1N(C(C)=O)[C@H]2c1ccc(N(CC)CC)cc1. The second-order valence-electron chi connectivity index (χ2n) is 7.53. The number of nitrogens with one attached hydrogen (secondary N) is 1. The van der Waals surface area contributed by atoms with Crippen molar-refractivity contribution in [3.05, 3.63) is 64.4 Å². The van der Waals surface area contributed by atoms with Crippen LogP contribution in [0, 0.1) is 0 Å². The van der Waals surface area contributed by atoms with Gasteiger partial charge in [0.2, 0.25) is 11.1 Å². The molecule has 0 bridgehead atoms. The quantitative estimate of drug-likeness (QED) is 0.459. The van der Waals surface area contributed by atoms with Crippen LogP contribution in [-0.2, 0) is 4.79 Å². The van der Waals surface area contributed by atoms with Gasteiger partial charge in [0.15, 0.2) is 0 Å². The van der Waals surface area contributed by atoms with Crippen LogP contribution < -0.4 is 20.0 Å². The van der Waals surface area contributed by atoms with Gasteiger partial charge < -0.3 is 4.90 Å². The molecule has 0 spiro atoms. The molecule has 4 rings (SSSR count). The highest BCUT2D eigenvalue weighted by Gasteiger charge is 2.44. The number of hydrogen-bond donors (Lipinski definition) is 1. The fourth-order valence-corrected chi connectivity index (χ4v) is 4.84. The van der Waals surface area contributed by atoms with Gasteiger partial charge in [-0.3, -0.25) is 14.6 Å². The average Bonchev–Trinajstić information content (AvgIpc) is 2.79. The summed E-state index contributed by atoms with van der Waals surface area (Å²) in [7, 11) is 0. The number of carbonyl (C=O) groups is 1. The van der Waals surface area contributed by atoms with Crippen molar-refractivity contribution in [2.45, 2.75) is 39.0 Å². The number of carbonyl (C=O) groups excluding carboxylic acids is 1. The lowest BCUT2D eigenvalue weighted by Crippen LogP contribution is -2.60. The molecule has 0 unspecified atom stereocenters. The molecule has 0 saturated carbocycles. The largest absolute Gasteiger partial charge is 0.372 e. The van der Waals surface area contributed by atoms with Crippen molar-refractivity contribution >= 4 is 29.0 Å². The fraction of sp³-hybridized carbons (Fsp3) is 0.333. The first-order valence-corrected chi connectivity index (χ1v) is 11.9. The van der Waals surface area contributed by atoms with E-state index in [1.807, 2.05) is 43.3 Å². The van der Waals surface area contributed by atoms with Gasteiger partial charge >= 0.3 is 11.3 Å². The van der Waals surface area contributed by atoms with Gasteiger partial charge in [0, 0.05) is 36.4 Å². The topological polar surface area (TPSA) is 73.2 Å². The number of amides is 1. The molecule has 1 atom stereocenters. The standard InChI is InChI=1S/C24H27N5O2S/c1-5-27(6-2)18-14-12-17(13-15-18)23-28(16(4)30)20-11-9-8-10-19(20)21-22(31)25-24(32-7-3)26-29(21)23/h8-15,23H,5-7H2,1-4H3/p+1/t23-/m1/s1. The fourth-order valence-electron chi connectivity index (χ4n) is 4.26. The zero-order valence-electron chi connectivity index (χ0n) is 18.8. The van der Waals surface area contributed by atoms with E-state index in [9.17, 15) is 9.59 Å². The van der Waals surface area contributed by atoms with Crippen molar-refractivity contribution in [3.63, 3.8) is 0 Å². The van der Waals surface area contributed by atoms with E-state index in [4.69, 9.17) is 5.10 Å². The third kappa shape index (κ3) is 3.79. The Hall–Kier alpha value is -3.13. The van der Waals surface area contributed by atoms with Crippen molar-refractivity contribution in [2.75, 3.05) is 28.6 Å². The van der Waals surface area contributed by atoms with E-state index in [0.29, 0.717) is 22.1 Å². The number of aromatic amines is 1. The van der Waals surface area contributed by atoms with Gasteiger partial charge in [0.1, 0.15) is 0 Å². The predicted octanol–water partition coefficient (Wildman–Crippen LogP) is 3.60. The van der Waals surface area contributed by atoms with Crippen molar-refractivity contribution < 1.29 is 9.48 Å². The summed E-state index contributed by atoms with van der Waals surface area (Å²) in [6, 6.07) is 15.7. The first-order chi connectivity index (χ1) is 15.5. The lowest BCUT2D eigenvalue weighted by atomic mass is 10.0. The molecule has 1 N–H and O–H groups in total. The average molecular weight is 451 g/mol. The second-order valence-corrected chi connectivity index (χ2v) is 8.78. The number of thioether (sulfide) groups is 1. The third-order valence-electron chi connectivity index (χ3n) is 5.70. The number of fused-ring (bicyclic) bond motifs is 3. The Kier molecular flexibility index (Phi) is 6.32. The highest BCUT2D eigenvalue weighted by molar-refractivity contribution is 7.99. The minimum Gasteiger partial charge on any atom is -0.372 e. The van der Waals surface area contributed by atoms with E-state index in [-0.39, 0.29) is 11.5 Å². The molecule has 2 heterocycles. The summed E-state index contributed by atoms with van der Waals surface area (Å²) in [6.07, 6.45) is -0.554. The summed E-state index contributed by atoms with van der Waals surface area (Å²) >= 11 is 1.47. The molecule has 0 radical (unpaired) electrons. The molecule has 1 amide bonds. The molecule has 32 heavy (non-hydrogen) atoms. The summed E-state index contributed by atoms with van der Waals surface area (Å²) < 4.78 is 1.70. The first kappa shape index (κ1) is 22.1. The first-order valence-electron chi connectivity index (χ1n) is 10.9. The summed E-state index contributed by atoms with van der Waals surface area (Å²) in [4.78, 5) is 32.9. The summed E-state index contributed by atoms with van der Waals surface area (Å²) in [5.74, 6) is 0.665. The van der Waals surface area contributed by atoms with Crippen LogP contribution in [0.3, 0.4) is 0 Å².